The van der Waals surface area contributed by atoms with Gasteiger partial charge in [0.05, 0.1) is 7.11 Å². The van der Waals surface area contributed by atoms with Gasteiger partial charge < -0.3 is 15.2 Å². The van der Waals surface area contributed by atoms with Gasteiger partial charge in [0.15, 0.2) is 11.6 Å². The number of aliphatic carboxylic acids is 1. The number of methoxy groups -OCH3 is 1. The lowest BCUT2D eigenvalue weighted by Crippen LogP contribution is -2.52. The van der Waals surface area contributed by atoms with Gasteiger partial charge in [0.2, 0.25) is 0 Å². The fourth-order valence-corrected chi connectivity index (χ4v) is 2.47. The molecule has 0 aromatic heterocycles. The second kappa shape index (κ2) is 5.48. The minimum Gasteiger partial charge on any atom is -0.494 e. The summed E-state index contributed by atoms with van der Waals surface area (Å²) in [6.07, 6.45) is 2.30. The summed E-state index contributed by atoms with van der Waals surface area (Å²) in [5.74, 6) is -2.25. The Kier molecular flexibility index (Phi) is 3.92. The molecule has 1 amide bonds. The van der Waals surface area contributed by atoms with Crippen molar-refractivity contribution in [3.8, 4) is 5.75 Å². The molecule has 1 aromatic rings. The predicted octanol–water partition coefficient (Wildman–Crippen LogP) is 1.96. The molecule has 108 valence electrons. The van der Waals surface area contributed by atoms with Gasteiger partial charge in [0.25, 0.3) is 5.91 Å². The van der Waals surface area contributed by atoms with Crippen LogP contribution in [-0.4, -0.2) is 29.6 Å². The van der Waals surface area contributed by atoms with Crippen LogP contribution in [0, 0.1) is 5.82 Å². The first kappa shape index (κ1) is 14.3. The van der Waals surface area contributed by atoms with Crippen molar-refractivity contribution in [3.05, 3.63) is 29.6 Å². The Hall–Kier alpha value is -2.11. The molecule has 0 bridgehead atoms. The average Bonchev–Trinajstić information content (AvgIpc) is 2.88. The molecule has 0 spiro atoms. The second-order valence-corrected chi connectivity index (χ2v) is 4.90. The highest BCUT2D eigenvalue weighted by atomic mass is 19.1. The van der Waals surface area contributed by atoms with Gasteiger partial charge in [-0.1, -0.05) is 12.8 Å². The minimum absolute atomic E-state index is 0.0374. The van der Waals surface area contributed by atoms with E-state index in [1.165, 1.54) is 19.2 Å². The van der Waals surface area contributed by atoms with Crippen molar-refractivity contribution >= 4 is 11.9 Å². The van der Waals surface area contributed by atoms with E-state index >= 15 is 0 Å². The van der Waals surface area contributed by atoms with Crippen LogP contribution in [0.25, 0.3) is 0 Å². The summed E-state index contributed by atoms with van der Waals surface area (Å²) in [4.78, 5) is 23.4. The summed E-state index contributed by atoms with van der Waals surface area (Å²) < 4.78 is 18.3. The molecule has 0 atom stereocenters. The number of carbonyl (C=O) groups is 2. The Labute approximate surface area is 115 Å². The van der Waals surface area contributed by atoms with Gasteiger partial charge in [-0.2, -0.15) is 0 Å². The highest BCUT2D eigenvalue weighted by molar-refractivity contribution is 5.98. The summed E-state index contributed by atoms with van der Waals surface area (Å²) in [6, 6.07) is 3.78. The number of carbonyl (C=O) groups excluding carboxylic acids is 1. The van der Waals surface area contributed by atoms with Crippen molar-refractivity contribution in [2.45, 2.75) is 31.2 Å². The molecule has 1 fully saturated rings. The number of rotatable bonds is 4. The fraction of sp³-hybridized carbons (Fsp3) is 0.429. The molecule has 1 aliphatic rings. The van der Waals surface area contributed by atoms with E-state index in [1.54, 1.807) is 0 Å². The first-order valence-corrected chi connectivity index (χ1v) is 6.38. The monoisotopic (exact) mass is 281 g/mol. The van der Waals surface area contributed by atoms with Gasteiger partial charge in [-0.05, 0) is 31.0 Å². The molecule has 2 rings (SSSR count). The van der Waals surface area contributed by atoms with Crippen molar-refractivity contribution in [1.29, 1.82) is 0 Å². The Balaban J connectivity index is 2.19. The van der Waals surface area contributed by atoms with Crippen LogP contribution in [0.4, 0.5) is 4.39 Å². The number of amides is 1. The molecular formula is C14H16FNO4. The molecular weight excluding hydrogens is 265 g/mol. The number of carboxylic acids is 1. The largest absolute Gasteiger partial charge is 0.494 e. The third-order valence-electron chi connectivity index (χ3n) is 3.63. The molecule has 5 nitrogen and oxygen atoms in total. The number of hydrogen-bond donors (Lipinski definition) is 2. The van der Waals surface area contributed by atoms with Crippen molar-refractivity contribution in [1.82, 2.24) is 5.32 Å². The van der Waals surface area contributed by atoms with E-state index in [0.717, 1.165) is 18.9 Å². The molecule has 0 unspecified atom stereocenters. The van der Waals surface area contributed by atoms with E-state index in [1.807, 2.05) is 0 Å². The van der Waals surface area contributed by atoms with Crippen LogP contribution < -0.4 is 10.1 Å². The normalized spacial score (nSPS) is 16.7. The molecule has 0 saturated heterocycles. The summed E-state index contributed by atoms with van der Waals surface area (Å²) in [7, 11) is 1.33. The van der Waals surface area contributed by atoms with E-state index < -0.39 is 23.2 Å². The maximum absolute atomic E-state index is 13.6. The first-order valence-electron chi connectivity index (χ1n) is 6.38. The lowest BCUT2D eigenvalue weighted by Gasteiger charge is -2.25. The van der Waals surface area contributed by atoms with Gasteiger partial charge in [-0.25, -0.2) is 9.18 Å². The Morgan fingerprint density at radius 1 is 1.35 bits per heavy atom. The number of benzene rings is 1. The molecule has 1 aromatic carbocycles. The third kappa shape index (κ3) is 2.59. The maximum atomic E-state index is 13.6. The van der Waals surface area contributed by atoms with Gasteiger partial charge in [0.1, 0.15) is 5.54 Å². The molecule has 6 heteroatoms. The molecule has 0 radical (unpaired) electrons. The maximum Gasteiger partial charge on any atom is 0.329 e. The van der Waals surface area contributed by atoms with Gasteiger partial charge >= 0.3 is 5.97 Å². The lowest BCUT2D eigenvalue weighted by atomic mass is 9.97. The van der Waals surface area contributed by atoms with Crippen LogP contribution in [0.15, 0.2) is 18.2 Å². The van der Waals surface area contributed by atoms with Crippen LogP contribution in [-0.2, 0) is 4.79 Å². The van der Waals surface area contributed by atoms with Crippen molar-refractivity contribution < 1.29 is 23.8 Å². The third-order valence-corrected chi connectivity index (χ3v) is 3.63. The van der Waals surface area contributed by atoms with Crippen LogP contribution in [0.2, 0.25) is 0 Å². The van der Waals surface area contributed by atoms with Crippen LogP contribution in [0.5, 0.6) is 5.75 Å². The second-order valence-electron chi connectivity index (χ2n) is 4.90. The zero-order valence-corrected chi connectivity index (χ0v) is 11.1. The molecule has 2 N–H and O–H groups in total. The number of carboxylic acid groups (broad SMARTS) is 1. The molecule has 1 saturated carbocycles. The molecule has 20 heavy (non-hydrogen) atoms. The van der Waals surface area contributed by atoms with Gasteiger partial charge in [-0.3, -0.25) is 4.79 Å². The Bertz CT molecular complexity index is 538. The summed E-state index contributed by atoms with van der Waals surface area (Å²) in [6.45, 7) is 0. The van der Waals surface area contributed by atoms with E-state index in [2.05, 4.69) is 5.32 Å². The summed E-state index contributed by atoms with van der Waals surface area (Å²) >= 11 is 0. The molecule has 0 aliphatic heterocycles. The molecule has 0 heterocycles. The van der Waals surface area contributed by atoms with Gasteiger partial charge in [-0.15, -0.1) is 0 Å². The standard InChI is InChI=1S/C14H16FNO4/c1-20-11-5-4-9(8-10(11)15)12(17)16-14(13(18)19)6-2-3-7-14/h4-5,8H,2-3,6-7H2,1H3,(H,16,17)(H,18,19). The number of nitrogens with one attached hydrogen (secondary N) is 1. The Morgan fingerprint density at radius 2 is 2.00 bits per heavy atom. The van der Waals surface area contributed by atoms with E-state index in [0.29, 0.717) is 12.8 Å². The highest BCUT2D eigenvalue weighted by Crippen LogP contribution is 2.30. The summed E-state index contributed by atoms with van der Waals surface area (Å²) in [5, 5.41) is 11.8. The van der Waals surface area contributed by atoms with Crippen LogP contribution in [0.3, 0.4) is 0 Å². The predicted molar refractivity (Wildman–Crippen MR) is 69.3 cm³/mol. The van der Waals surface area contributed by atoms with Crippen molar-refractivity contribution in [2.75, 3.05) is 7.11 Å². The average molecular weight is 281 g/mol. The smallest absolute Gasteiger partial charge is 0.329 e. The van der Waals surface area contributed by atoms with Crippen LogP contribution in [0.1, 0.15) is 36.0 Å². The summed E-state index contributed by atoms with van der Waals surface area (Å²) in [5.41, 5.74) is -1.15. The lowest BCUT2D eigenvalue weighted by molar-refractivity contribution is -0.144. The SMILES string of the molecule is COc1ccc(C(=O)NC2(C(=O)O)CCCC2)cc1F. The highest BCUT2D eigenvalue weighted by Gasteiger charge is 2.42. The fourth-order valence-electron chi connectivity index (χ4n) is 2.47. The quantitative estimate of drug-likeness (QED) is 0.884. The van der Waals surface area contributed by atoms with Gasteiger partial charge in [0, 0.05) is 5.56 Å². The zero-order valence-electron chi connectivity index (χ0n) is 11.1. The van der Waals surface area contributed by atoms with Crippen molar-refractivity contribution in [2.24, 2.45) is 0 Å². The minimum atomic E-state index is -1.23. The molecule has 1 aliphatic carbocycles. The number of hydrogen-bond acceptors (Lipinski definition) is 3. The van der Waals surface area contributed by atoms with E-state index in [4.69, 9.17) is 4.74 Å². The first-order chi connectivity index (χ1) is 9.48. The number of halogens is 1. The Morgan fingerprint density at radius 3 is 2.50 bits per heavy atom. The van der Waals surface area contributed by atoms with Crippen molar-refractivity contribution in [3.63, 3.8) is 0 Å². The topological polar surface area (TPSA) is 75.6 Å². The van der Waals surface area contributed by atoms with E-state index in [9.17, 15) is 19.1 Å². The van der Waals surface area contributed by atoms with E-state index in [-0.39, 0.29) is 11.3 Å². The number of ether oxygens (including phenoxy) is 1. The van der Waals surface area contributed by atoms with Crippen LogP contribution >= 0.6 is 0 Å². The zero-order chi connectivity index (χ0) is 14.8.